The van der Waals surface area contributed by atoms with Crippen LogP contribution in [0.2, 0.25) is 0 Å². The van der Waals surface area contributed by atoms with Crippen molar-refractivity contribution in [2.45, 2.75) is 13.3 Å². The first kappa shape index (κ1) is 17.7. The van der Waals surface area contributed by atoms with Crippen LogP contribution in [0.3, 0.4) is 0 Å². The lowest BCUT2D eigenvalue weighted by Gasteiger charge is -2.40. The van der Waals surface area contributed by atoms with Crippen LogP contribution < -0.4 is 10.2 Å². The van der Waals surface area contributed by atoms with Gasteiger partial charge in [0.2, 0.25) is 5.91 Å². The van der Waals surface area contributed by atoms with Crippen LogP contribution in [-0.2, 0) is 18.3 Å². The Bertz CT molecular complexity index is 1200. The summed E-state index contributed by atoms with van der Waals surface area (Å²) in [5, 5.41) is 16.9. The van der Waals surface area contributed by atoms with Crippen LogP contribution in [-0.4, -0.2) is 49.9 Å². The van der Waals surface area contributed by atoms with Gasteiger partial charge in [-0.3, -0.25) is 4.79 Å². The third-order valence-electron chi connectivity index (χ3n) is 5.60. The van der Waals surface area contributed by atoms with E-state index >= 15 is 0 Å². The van der Waals surface area contributed by atoms with Crippen LogP contribution in [0, 0.1) is 12.8 Å². The number of amides is 1. The van der Waals surface area contributed by atoms with E-state index < -0.39 is 0 Å². The number of nitrogens with zero attached hydrogens (tertiary/aromatic N) is 6. The topological polar surface area (TPSA) is 80.3 Å². The Kier molecular flexibility index (Phi) is 4.19. The Hall–Kier alpha value is -3.42. The van der Waals surface area contributed by atoms with Crippen LogP contribution >= 0.6 is 0 Å². The second-order valence-electron chi connectivity index (χ2n) is 7.74. The number of aryl methyl sites for hydroxylation is 2. The summed E-state index contributed by atoms with van der Waals surface area (Å²) in [4.78, 5) is 14.7. The number of anilines is 1. The Balaban J connectivity index is 1.15. The minimum Gasteiger partial charge on any atom is -0.355 e. The first-order valence-electron chi connectivity index (χ1n) is 9.82. The summed E-state index contributed by atoms with van der Waals surface area (Å²) >= 11 is 0. The van der Waals surface area contributed by atoms with Gasteiger partial charge in [0.1, 0.15) is 5.82 Å². The SMILES string of the molecule is Cc1nnc2ccc(N3CC(CNC(=O)Cc4cn(C)c5ccccc45)C3)nn12. The maximum absolute atomic E-state index is 12.5. The molecule has 4 aromatic rings. The second-order valence-corrected chi connectivity index (χ2v) is 7.74. The molecule has 1 aromatic carbocycles. The Labute approximate surface area is 168 Å². The van der Waals surface area contributed by atoms with Crippen molar-refractivity contribution in [2.75, 3.05) is 24.5 Å². The quantitative estimate of drug-likeness (QED) is 0.562. The maximum Gasteiger partial charge on any atom is 0.224 e. The van der Waals surface area contributed by atoms with E-state index in [1.807, 2.05) is 44.4 Å². The molecule has 1 aliphatic heterocycles. The van der Waals surface area contributed by atoms with Crippen molar-refractivity contribution in [1.82, 2.24) is 29.7 Å². The summed E-state index contributed by atoms with van der Waals surface area (Å²) in [7, 11) is 2.01. The number of nitrogens with one attached hydrogen (secondary N) is 1. The Morgan fingerprint density at radius 3 is 2.86 bits per heavy atom. The summed E-state index contributed by atoms with van der Waals surface area (Å²) in [6.07, 6.45) is 2.45. The fourth-order valence-electron chi connectivity index (χ4n) is 4.00. The van der Waals surface area contributed by atoms with Crippen LogP contribution in [0.1, 0.15) is 11.4 Å². The van der Waals surface area contributed by atoms with Crippen molar-refractivity contribution in [3.63, 3.8) is 0 Å². The molecule has 0 atom stereocenters. The fraction of sp³-hybridized carbons (Fsp3) is 0.333. The highest BCUT2D eigenvalue weighted by atomic mass is 16.1. The van der Waals surface area contributed by atoms with Crippen molar-refractivity contribution in [3.8, 4) is 0 Å². The summed E-state index contributed by atoms with van der Waals surface area (Å²) in [6.45, 7) is 4.34. The van der Waals surface area contributed by atoms with Crippen LogP contribution in [0.25, 0.3) is 16.6 Å². The Morgan fingerprint density at radius 1 is 1.17 bits per heavy atom. The van der Waals surface area contributed by atoms with E-state index in [0.29, 0.717) is 18.9 Å². The molecular formula is C21H23N7O. The number of para-hydroxylation sites is 1. The van der Waals surface area contributed by atoms with Gasteiger partial charge in [-0.1, -0.05) is 18.2 Å². The minimum atomic E-state index is 0.0689. The van der Waals surface area contributed by atoms with Crippen LogP contribution in [0.5, 0.6) is 0 Å². The molecule has 4 heterocycles. The van der Waals surface area contributed by atoms with E-state index in [9.17, 15) is 4.79 Å². The van der Waals surface area contributed by atoms with Crippen molar-refractivity contribution < 1.29 is 4.79 Å². The van der Waals surface area contributed by atoms with Gasteiger partial charge < -0.3 is 14.8 Å². The third kappa shape index (κ3) is 3.20. The number of hydrogen-bond acceptors (Lipinski definition) is 5. The molecule has 29 heavy (non-hydrogen) atoms. The molecule has 0 spiro atoms. The number of carbonyl (C=O) groups excluding carboxylic acids is 1. The van der Waals surface area contributed by atoms with Gasteiger partial charge in [-0.25, -0.2) is 0 Å². The van der Waals surface area contributed by atoms with Gasteiger partial charge in [0.25, 0.3) is 0 Å². The molecule has 8 nitrogen and oxygen atoms in total. The molecule has 5 rings (SSSR count). The average molecular weight is 389 g/mol. The van der Waals surface area contributed by atoms with Crippen LogP contribution in [0.4, 0.5) is 5.82 Å². The fourth-order valence-corrected chi connectivity index (χ4v) is 4.00. The number of fused-ring (bicyclic) bond motifs is 2. The number of rotatable bonds is 5. The third-order valence-corrected chi connectivity index (χ3v) is 5.60. The van der Waals surface area contributed by atoms with E-state index in [1.165, 1.54) is 0 Å². The molecule has 1 fully saturated rings. The number of benzene rings is 1. The molecule has 148 valence electrons. The van der Waals surface area contributed by atoms with E-state index in [0.717, 1.165) is 46.8 Å². The lowest BCUT2D eigenvalue weighted by molar-refractivity contribution is -0.120. The van der Waals surface area contributed by atoms with Crippen molar-refractivity contribution in [1.29, 1.82) is 0 Å². The summed E-state index contributed by atoms with van der Waals surface area (Å²) < 4.78 is 3.83. The first-order chi connectivity index (χ1) is 14.1. The van der Waals surface area contributed by atoms with Crippen molar-refractivity contribution in [2.24, 2.45) is 13.0 Å². The molecule has 0 aliphatic carbocycles. The van der Waals surface area contributed by atoms with Crippen molar-refractivity contribution in [3.05, 3.63) is 54.0 Å². The van der Waals surface area contributed by atoms with Gasteiger partial charge in [0, 0.05) is 49.7 Å². The normalized spacial score (nSPS) is 14.5. The van der Waals surface area contributed by atoms with E-state index in [2.05, 4.69) is 42.2 Å². The second kappa shape index (κ2) is 6.88. The first-order valence-corrected chi connectivity index (χ1v) is 9.82. The molecule has 0 radical (unpaired) electrons. The molecule has 0 unspecified atom stereocenters. The predicted octanol–water partition coefficient (Wildman–Crippen LogP) is 1.72. The number of hydrogen-bond donors (Lipinski definition) is 1. The average Bonchev–Trinajstić information content (AvgIpc) is 3.21. The number of carbonyl (C=O) groups is 1. The lowest BCUT2D eigenvalue weighted by atomic mass is 10.00. The maximum atomic E-state index is 12.5. The molecule has 1 amide bonds. The van der Waals surface area contributed by atoms with Gasteiger partial charge in [-0.2, -0.15) is 4.52 Å². The smallest absolute Gasteiger partial charge is 0.224 e. The molecule has 1 aliphatic rings. The molecule has 1 saturated heterocycles. The minimum absolute atomic E-state index is 0.0689. The summed E-state index contributed by atoms with van der Waals surface area (Å²) in [6, 6.07) is 12.1. The largest absolute Gasteiger partial charge is 0.355 e. The zero-order valence-electron chi connectivity index (χ0n) is 16.5. The highest BCUT2D eigenvalue weighted by molar-refractivity contribution is 5.89. The van der Waals surface area contributed by atoms with E-state index in [-0.39, 0.29) is 5.91 Å². The number of aromatic nitrogens is 5. The molecule has 1 N–H and O–H groups in total. The summed E-state index contributed by atoms with van der Waals surface area (Å²) in [5.41, 5.74) is 2.97. The Morgan fingerprint density at radius 2 is 2.00 bits per heavy atom. The zero-order chi connectivity index (χ0) is 20.0. The van der Waals surface area contributed by atoms with E-state index in [4.69, 9.17) is 0 Å². The van der Waals surface area contributed by atoms with Gasteiger partial charge in [0.05, 0.1) is 6.42 Å². The molecule has 3 aromatic heterocycles. The van der Waals surface area contributed by atoms with E-state index in [1.54, 1.807) is 4.52 Å². The van der Waals surface area contributed by atoms with Gasteiger partial charge in [-0.15, -0.1) is 15.3 Å². The van der Waals surface area contributed by atoms with Crippen molar-refractivity contribution >= 4 is 28.3 Å². The molecular weight excluding hydrogens is 366 g/mol. The monoisotopic (exact) mass is 389 g/mol. The molecule has 8 heteroatoms. The zero-order valence-corrected chi connectivity index (χ0v) is 16.5. The molecule has 0 bridgehead atoms. The highest BCUT2D eigenvalue weighted by Gasteiger charge is 2.28. The summed E-state index contributed by atoms with van der Waals surface area (Å²) in [5.74, 6) is 2.20. The van der Waals surface area contributed by atoms with Crippen LogP contribution in [0.15, 0.2) is 42.6 Å². The van der Waals surface area contributed by atoms with Gasteiger partial charge >= 0.3 is 0 Å². The molecule has 0 saturated carbocycles. The highest BCUT2D eigenvalue weighted by Crippen LogP contribution is 2.23. The standard InChI is InChI=1S/C21H23N7O/c1-14-23-24-19-7-8-20(25-28(14)19)27-11-15(12-27)10-22-21(29)9-16-13-26(2)18-6-4-3-5-17(16)18/h3-8,13,15H,9-12H2,1-2H3,(H,22,29). The predicted molar refractivity (Wildman–Crippen MR) is 111 cm³/mol. The lowest BCUT2D eigenvalue weighted by Crippen LogP contribution is -2.52. The van der Waals surface area contributed by atoms with Gasteiger partial charge in [-0.05, 0) is 30.7 Å². The van der Waals surface area contributed by atoms with Gasteiger partial charge in [0.15, 0.2) is 11.5 Å².